The highest BCUT2D eigenvalue weighted by atomic mass is 35.5. The highest BCUT2D eigenvalue weighted by molar-refractivity contribution is 6.29. The largest absolute Gasteiger partial charge is 0.336 e. The first-order valence-corrected chi connectivity index (χ1v) is 5.81. The summed E-state index contributed by atoms with van der Waals surface area (Å²) in [4.78, 5) is 21.6. The number of rotatable bonds is 3. The lowest BCUT2D eigenvalue weighted by molar-refractivity contribution is -0.128. The number of likely N-dealkylation sites (tertiary alicyclic amines) is 1. The topological polar surface area (TPSA) is 46.1 Å². The summed E-state index contributed by atoms with van der Waals surface area (Å²) in [7, 11) is 0. The minimum atomic E-state index is 0.212. The number of carbonyl (C=O) groups is 1. The summed E-state index contributed by atoms with van der Waals surface area (Å²) in [6, 6.07) is 0. The fraction of sp³-hybridized carbons (Fsp3) is 0.545. The van der Waals surface area contributed by atoms with Crippen molar-refractivity contribution in [3.05, 3.63) is 23.2 Å². The second kappa shape index (κ2) is 4.78. The Bertz CT molecular complexity index is 379. The van der Waals surface area contributed by atoms with E-state index in [4.69, 9.17) is 11.6 Å². The summed E-state index contributed by atoms with van der Waals surface area (Å²) in [5.74, 6) is 0.705. The van der Waals surface area contributed by atoms with Gasteiger partial charge in [-0.25, -0.2) is 4.98 Å². The Morgan fingerprint density at radius 1 is 1.50 bits per heavy atom. The van der Waals surface area contributed by atoms with Crippen molar-refractivity contribution in [2.45, 2.75) is 26.3 Å². The third-order valence-electron chi connectivity index (χ3n) is 2.90. The van der Waals surface area contributed by atoms with Crippen molar-refractivity contribution in [3.8, 4) is 0 Å². The average Bonchev–Trinajstić information content (AvgIpc) is 2.63. The zero-order valence-corrected chi connectivity index (χ0v) is 9.94. The van der Waals surface area contributed by atoms with Gasteiger partial charge in [-0.15, -0.1) is 0 Å². The molecule has 1 aliphatic heterocycles. The second-order valence-corrected chi connectivity index (χ2v) is 4.47. The monoisotopic (exact) mass is 239 g/mol. The van der Waals surface area contributed by atoms with Crippen molar-refractivity contribution in [1.82, 2.24) is 14.9 Å². The molecule has 1 saturated heterocycles. The Hall–Kier alpha value is -1.16. The Balaban J connectivity index is 2.00. The van der Waals surface area contributed by atoms with Crippen LogP contribution >= 0.6 is 11.6 Å². The van der Waals surface area contributed by atoms with E-state index >= 15 is 0 Å². The molecule has 0 aliphatic carbocycles. The van der Waals surface area contributed by atoms with Gasteiger partial charge in [0, 0.05) is 13.0 Å². The molecule has 0 spiro atoms. The molecule has 86 valence electrons. The van der Waals surface area contributed by atoms with E-state index in [2.05, 4.69) is 16.9 Å². The van der Waals surface area contributed by atoms with Crippen LogP contribution in [0.1, 0.15) is 25.5 Å². The minimum Gasteiger partial charge on any atom is -0.336 e. The quantitative estimate of drug-likeness (QED) is 0.809. The van der Waals surface area contributed by atoms with E-state index in [1.165, 1.54) is 6.20 Å². The Labute approximate surface area is 99.6 Å². The molecule has 1 fully saturated rings. The van der Waals surface area contributed by atoms with Crippen LogP contribution in [0.4, 0.5) is 0 Å². The average molecular weight is 240 g/mol. The van der Waals surface area contributed by atoms with Crippen LogP contribution in [0.15, 0.2) is 12.4 Å². The van der Waals surface area contributed by atoms with Crippen LogP contribution in [-0.4, -0.2) is 27.3 Å². The van der Waals surface area contributed by atoms with E-state index < -0.39 is 0 Å². The van der Waals surface area contributed by atoms with Crippen LogP contribution in [0.25, 0.3) is 0 Å². The van der Waals surface area contributed by atoms with Crippen molar-refractivity contribution < 1.29 is 4.79 Å². The van der Waals surface area contributed by atoms with E-state index in [0.717, 1.165) is 18.7 Å². The molecule has 0 N–H and O–H groups in total. The standard InChI is InChI=1S/C11H14ClN3O/c1-2-8-3-11(16)15(6-8)7-9-4-14-10(12)5-13-9/h4-5,8H,2-3,6-7H2,1H3. The number of aromatic nitrogens is 2. The molecule has 0 radical (unpaired) electrons. The van der Waals surface area contributed by atoms with Gasteiger partial charge in [0.2, 0.25) is 5.91 Å². The smallest absolute Gasteiger partial charge is 0.223 e. The predicted octanol–water partition coefficient (Wildman–Crippen LogP) is 1.89. The first kappa shape index (κ1) is 11.3. The van der Waals surface area contributed by atoms with Gasteiger partial charge in [-0.05, 0) is 5.92 Å². The van der Waals surface area contributed by atoms with Crippen LogP contribution in [0.5, 0.6) is 0 Å². The molecule has 1 unspecified atom stereocenters. The molecule has 2 heterocycles. The molecule has 16 heavy (non-hydrogen) atoms. The first-order valence-electron chi connectivity index (χ1n) is 5.43. The first-order chi connectivity index (χ1) is 7.69. The van der Waals surface area contributed by atoms with Gasteiger partial charge in [-0.1, -0.05) is 24.9 Å². The fourth-order valence-electron chi connectivity index (χ4n) is 1.90. The lowest BCUT2D eigenvalue weighted by Gasteiger charge is -2.15. The molecule has 0 saturated carbocycles. The molecule has 2 rings (SSSR count). The zero-order chi connectivity index (χ0) is 11.5. The number of hydrogen-bond acceptors (Lipinski definition) is 3. The van der Waals surface area contributed by atoms with Gasteiger partial charge >= 0.3 is 0 Å². The van der Waals surface area contributed by atoms with Gasteiger partial charge in [-0.2, -0.15) is 0 Å². The van der Waals surface area contributed by atoms with Crippen LogP contribution in [0, 0.1) is 5.92 Å². The lowest BCUT2D eigenvalue weighted by atomic mass is 10.1. The molecule has 4 nitrogen and oxygen atoms in total. The number of nitrogens with zero attached hydrogens (tertiary/aromatic N) is 3. The van der Waals surface area contributed by atoms with Crippen LogP contribution < -0.4 is 0 Å². The maximum absolute atomic E-state index is 11.7. The molecule has 1 atom stereocenters. The molecular weight excluding hydrogens is 226 g/mol. The summed E-state index contributed by atoms with van der Waals surface area (Å²) >= 11 is 5.65. The third-order valence-corrected chi connectivity index (χ3v) is 3.09. The summed E-state index contributed by atoms with van der Waals surface area (Å²) in [6.45, 7) is 3.49. The fourth-order valence-corrected chi connectivity index (χ4v) is 1.99. The Kier molecular flexibility index (Phi) is 3.39. The normalized spacial score (nSPS) is 20.5. The summed E-state index contributed by atoms with van der Waals surface area (Å²) in [5, 5.41) is 0.378. The van der Waals surface area contributed by atoms with Gasteiger partial charge < -0.3 is 4.90 Å². The number of amides is 1. The van der Waals surface area contributed by atoms with Crippen molar-refractivity contribution in [2.24, 2.45) is 5.92 Å². The second-order valence-electron chi connectivity index (χ2n) is 4.08. The molecule has 1 aromatic heterocycles. The maximum atomic E-state index is 11.7. The molecule has 1 aliphatic rings. The Morgan fingerprint density at radius 3 is 2.88 bits per heavy atom. The van der Waals surface area contributed by atoms with Crippen molar-refractivity contribution in [3.63, 3.8) is 0 Å². The van der Waals surface area contributed by atoms with E-state index in [1.54, 1.807) is 6.20 Å². The molecule has 1 aromatic rings. The van der Waals surface area contributed by atoms with Gasteiger partial charge in [0.15, 0.2) is 0 Å². The molecule has 0 aromatic carbocycles. The number of hydrogen-bond donors (Lipinski definition) is 0. The van der Waals surface area contributed by atoms with E-state index in [0.29, 0.717) is 24.0 Å². The third kappa shape index (κ3) is 2.50. The van der Waals surface area contributed by atoms with Crippen molar-refractivity contribution in [1.29, 1.82) is 0 Å². The van der Waals surface area contributed by atoms with Gasteiger partial charge in [0.1, 0.15) is 5.15 Å². The summed E-state index contributed by atoms with van der Waals surface area (Å²) < 4.78 is 0. The van der Waals surface area contributed by atoms with Gasteiger partial charge in [-0.3, -0.25) is 9.78 Å². The molecule has 5 heteroatoms. The van der Waals surface area contributed by atoms with E-state index in [-0.39, 0.29) is 5.91 Å². The van der Waals surface area contributed by atoms with E-state index in [9.17, 15) is 4.79 Å². The van der Waals surface area contributed by atoms with E-state index in [1.807, 2.05) is 4.90 Å². The highest BCUT2D eigenvalue weighted by Gasteiger charge is 2.28. The predicted molar refractivity (Wildman–Crippen MR) is 60.9 cm³/mol. The van der Waals surface area contributed by atoms with Crippen LogP contribution in [0.2, 0.25) is 5.15 Å². The number of carbonyl (C=O) groups excluding carboxylic acids is 1. The van der Waals surface area contributed by atoms with Crippen LogP contribution in [-0.2, 0) is 11.3 Å². The molecule has 0 bridgehead atoms. The summed E-state index contributed by atoms with van der Waals surface area (Å²) in [5.41, 5.74) is 0.787. The number of halogens is 1. The molecular formula is C11H14ClN3O. The summed E-state index contributed by atoms with van der Waals surface area (Å²) in [6.07, 6.45) is 4.84. The van der Waals surface area contributed by atoms with Gasteiger partial charge in [0.25, 0.3) is 0 Å². The highest BCUT2D eigenvalue weighted by Crippen LogP contribution is 2.21. The minimum absolute atomic E-state index is 0.212. The maximum Gasteiger partial charge on any atom is 0.223 e. The molecule has 1 amide bonds. The lowest BCUT2D eigenvalue weighted by Crippen LogP contribution is -2.25. The Morgan fingerprint density at radius 2 is 2.31 bits per heavy atom. The van der Waals surface area contributed by atoms with Crippen LogP contribution in [0.3, 0.4) is 0 Å². The van der Waals surface area contributed by atoms with Crippen molar-refractivity contribution >= 4 is 17.5 Å². The van der Waals surface area contributed by atoms with Crippen molar-refractivity contribution in [2.75, 3.05) is 6.54 Å². The van der Waals surface area contributed by atoms with Gasteiger partial charge in [0.05, 0.1) is 24.6 Å². The SMILES string of the molecule is CCC1CC(=O)N(Cc2cnc(Cl)cn2)C1. The zero-order valence-electron chi connectivity index (χ0n) is 9.19.